The van der Waals surface area contributed by atoms with E-state index in [1.807, 2.05) is 0 Å². The van der Waals surface area contributed by atoms with Gasteiger partial charge in [-0.15, -0.1) is 0 Å². The maximum Gasteiger partial charge on any atom is 0.0326 e. The van der Waals surface area contributed by atoms with E-state index < -0.39 is 0 Å². The molecule has 0 heterocycles. The number of aryl methyl sites for hydroxylation is 2. The van der Waals surface area contributed by atoms with Crippen LogP contribution in [-0.2, 0) is 12.8 Å². The molecule has 0 aliphatic rings. The molecule has 0 bridgehead atoms. The lowest BCUT2D eigenvalue weighted by atomic mass is 9.85. The first-order valence-corrected chi connectivity index (χ1v) is 7.05. The van der Waals surface area contributed by atoms with Gasteiger partial charge in [0.2, 0.25) is 0 Å². The van der Waals surface area contributed by atoms with E-state index in [-0.39, 0.29) is 6.04 Å². The summed E-state index contributed by atoms with van der Waals surface area (Å²) in [5, 5.41) is 0. The molecule has 17 heavy (non-hydrogen) atoms. The molecule has 0 saturated heterocycles. The predicted molar refractivity (Wildman–Crippen MR) is 76.2 cm³/mol. The third-order valence-electron chi connectivity index (χ3n) is 3.92. The van der Waals surface area contributed by atoms with Crippen molar-refractivity contribution >= 4 is 0 Å². The van der Waals surface area contributed by atoms with Gasteiger partial charge in [-0.2, -0.15) is 0 Å². The molecule has 0 fully saturated rings. The molecular formula is C16H27N. The molecule has 0 radical (unpaired) electrons. The van der Waals surface area contributed by atoms with Crippen molar-refractivity contribution in [2.45, 2.75) is 59.4 Å². The van der Waals surface area contributed by atoms with Crippen LogP contribution in [0.2, 0.25) is 0 Å². The van der Waals surface area contributed by atoms with Gasteiger partial charge in [-0.3, -0.25) is 0 Å². The van der Waals surface area contributed by atoms with Gasteiger partial charge in [0.15, 0.2) is 0 Å². The largest absolute Gasteiger partial charge is 0.324 e. The Hall–Kier alpha value is -0.820. The molecule has 2 N–H and O–H groups in total. The minimum atomic E-state index is 0.200. The van der Waals surface area contributed by atoms with Gasteiger partial charge < -0.3 is 5.73 Å². The van der Waals surface area contributed by atoms with Crippen LogP contribution in [0.5, 0.6) is 0 Å². The zero-order valence-electron chi connectivity index (χ0n) is 11.8. The Morgan fingerprint density at radius 1 is 1.00 bits per heavy atom. The Kier molecular flexibility index (Phi) is 5.70. The summed E-state index contributed by atoms with van der Waals surface area (Å²) in [4.78, 5) is 0. The van der Waals surface area contributed by atoms with Crippen LogP contribution in [0.3, 0.4) is 0 Å². The molecule has 1 heteroatoms. The number of rotatable bonds is 6. The van der Waals surface area contributed by atoms with Gasteiger partial charge in [-0.25, -0.2) is 0 Å². The zero-order valence-corrected chi connectivity index (χ0v) is 11.8. The molecule has 0 amide bonds. The maximum atomic E-state index is 6.46. The zero-order chi connectivity index (χ0) is 12.8. The summed E-state index contributed by atoms with van der Waals surface area (Å²) in [6.45, 7) is 8.89. The second kappa shape index (κ2) is 6.80. The van der Waals surface area contributed by atoms with Gasteiger partial charge in [-0.1, -0.05) is 58.7 Å². The van der Waals surface area contributed by atoms with Crippen molar-refractivity contribution in [3.05, 3.63) is 34.9 Å². The van der Waals surface area contributed by atoms with Crippen molar-refractivity contribution in [3.63, 3.8) is 0 Å². The maximum absolute atomic E-state index is 6.46. The van der Waals surface area contributed by atoms with Crippen LogP contribution >= 0.6 is 0 Å². The summed E-state index contributed by atoms with van der Waals surface area (Å²) < 4.78 is 0. The second-order valence-electron chi connectivity index (χ2n) is 4.84. The quantitative estimate of drug-likeness (QED) is 0.781. The second-order valence-corrected chi connectivity index (χ2v) is 4.84. The van der Waals surface area contributed by atoms with Crippen molar-refractivity contribution in [3.8, 4) is 0 Å². The van der Waals surface area contributed by atoms with Crippen LogP contribution in [0.1, 0.15) is 63.3 Å². The molecule has 96 valence electrons. The van der Waals surface area contributed by atoms with Crippen molar-refractivity contribution in [1.29, 1.82) is 0 Å². The van der Waals surface area contributed by atoms with Crippen LogP contribution in [0.25, 0.3) is 0 Å². The summed E-state index contributed by atoms with van der Waals surface area (Å²) in [6.07, 6.45) is 4.49. The van der Waals surface area contributed by atoms with Crippen LogP contribution in [0.15, 0.2) is 18.2 Å². The van der Waals surface area contributed by atoms with E-state index in [0.29, 0.717) is 5.92 Å². The highest BCUT2D eigenvalue weighted by Crippen LogP contribution is 2.28. The Morgan fingerprint density at radius 2 is 1.65 bits per heavy atom. The molecule has 0 spiro atoms. The van der Waals surface area contributed by atoms with Crippen molar-refractivity contribution in [1.82, 2.24) is 0 Å². The topological polar surface area (TPSA) is 26.0 Å². The number of hydrogen-bond acceptors (Lipinski definition) is 1. The summed E-state index contributed by atoms with van der Waals surface area (Å²) in [7, 11) is 0. The molecular weight excluding hydrogens is 206 g/mol. The van der Waals surface area contributed by atoms with E-state index in [2.05, 4.69) is 45.9 Å². The monoisotopic (exact) mass is 233 g/mol. The Morgan fingerprint density at radius 3 is 2.12 bits per heavy atom. The molecule has 1 atom stereocenters. The van der Waals surface area contributed by atoms with Crippen LogP contribution in [-0.4, -0.2) is 0 Å². The highest BCUT2D eigenvalue weighted by Gasteiger charge is 2.18. The van der Waals surface area contributed by atoms with Crippen molar-refractivity contribution < 1.29 is 0 Å². The fraction of sp³-hybridized carbons (Fsp3) is 0.625. The van der Waals surface area contributed by atoms with Gasteiger partial charge in [0.25, 0.3) is 0 Å². The molecule has 1 aromatic rings. The Balaban J connectivity index is 3.08. The first-order chi connectivity index (χ1) is 8.17. The molecule has 1 unspecified atom stereocenters. The van der Waals surface area contributed by atoms with E-state index in [1.54, 1.807) is 0 Å². The van der Waals surface area contributed by atoms with Crippen LogP contribution in [0, 0.1) is 5.92 Å². The summed E-state index contributed by atoms with van der Waals surface area (Å²) in [5.74, 6) is 0.604. The minimum absolute atomic E-state index is 0.200. The van der Waals surface area contributed by atoms with Gasteiger partial charge in [0.1, 0.15) is 0 Å². The van der Waals surface area contributed by atoms with E-state index in [0.717, 1.165) is 25.7 Å². The highest BCUT2D eigenvalue weighted by atomic mass is 14.7. The normalized spacial score (nSPS) is 13.1. The molecule has 0 aliphatic heterocycles. The molecule has 0 aliphatic carbocycles. The van der Waals surface area contributed by atoms with E-state index >= 15 is 0 Å². The third kappa shape index (κ3) is 3.32. The SMILES string of the molecule is CCc1ccc(CC)c(C(N)C(CC)CC)c1. The molecule has 0 aromatic heterocycles. The highest BCUT2D eigenvalue weighted by molar-refractivity contribution is 5.34. The standard InChI is InChI=1S/C16H27N/c1-5-12-9-10-14(8-4)15(11-12)16(17)13(6-2)7-3/h9-11,13,16H,5-8,17H2,1-4H3. The number of nitrogens with two attached hydrogens (primary N) is 1. The lowest BCUT2D eigenvalue weighted by Gasteiger charge is -2.24. The van der Waals surface area contributed by atoms with Gasteiger partial charge >= 0.3 is 0 Å². The smallest absolute Gasteiger partial charge is 0.0326 e. The average Bonchev–Trinajstić information content (AvgIpc) is 2.39. The average molecular weight is 233 g/mol. The van der Waals surface area contributed by atoms with E-state index in [9.17, 15) is 0 Å². The van der Waals surface area contributed by atoms with Crippen molar-refractivity contribution in [2.24, 2.45) is 11.7 Å². The fourth-order valence-electron chi connectivity index (χ4n) is 2.55. The van der Waals surface area contributed by atoms with Gasteiger partial charge in [-0.05, 0) is 35.4 Å². The Labute approximate surface area is 106 Å². The third-order valence-corrected chi connectivity index (χ3v) is 3.92. The first-order valence-electron chi connectivity index (χ1n) is 7.05. The lowest BCUT2D eigenvalue weighted by molar-refractivity contribution is 0.403. The number of hydrogen-bond donors (Lipinski definition) is 1. The number of benzene rings is 1. The lowest BCUT2D eigenvalue weighted by Crippen LogP contribution is -2.22. The molecule has 1 rings (SSSR count). The molecule has 0 saturated carbocycles. The molecule has 1 nitrogen and oxygen atoms in total. The van der Waals surface area contributed by atoms with Gasteiger partial charge in [0, 0.05) is 6.04 Å². The van der Waals surface area contributed by atoms with Gasteiger partial charge in [0.05, 0.1) is 0 Å². The minimum Gasteiger partial charge on any atom is -0.324 e. The Bertz CT molecular complexity index is 339. The molecule has 1 aromatic carbocycles. The summed E-state index contributed by atoms with van der Waals surface area (Å²) in [5.41, 5.74) is 10.7. The van der Waals surface area contributed by atoms with Crippen molar-refractivity contribution in [2.75, 3.05) is 0 Å². The first kappa shape index (κ1) is 14.2. The fourth-order valence-corrected chi connectivity index (χ4v) is 2.55. The summed E-state index contributed by atoms with van der Waals surface area (Å²) >= 11 is 0. The van der Waals surface area contributed by atoms with Crippen LogP contribution in [0.4, 0.5) is 0 Å². The summed E-state index contributed by atoms with van der Waals surface area (Å²) in [6, 6.07) is 7.02. The predicted octanol–water partition coefficient (Wildman–Crippen LogP) is 4.25. The van der Waals surface area contributed by atoms with E-state index in [4.69, 9.17) is 5.73 Å². The van der Waals surface area contributed by atoms with Crippen LogP contribution < -0.4 is 5.73 Å². The van der Waals surface area contributed by atoms with E-state index in [1.165, 1.54) is 16.7 Å².